The van der Waals surface area contributed by atoms with Crippen LogP contribution in [0.25, 0.3) is 0 Å². The predicted molar refractivity (Wildman–Crippen MR) is 56.5 cm³/mol. The van der Waals surface area contributed by atoms with Crippen molar-refractivity contribution in [2.75, 3.05) is 6.61 Å². The Bertz CT molecular complexity index is 317. The first kappa shape index (κ1) is 11.5. The third-order valence-electron chi connectivity index (χ3n) is 2.56. The number of rotatable bonds is 4. The van der Waals surface area contributed by atoms with Gasteiger partial charge in [0.1, 0.15) is 12.3 Å². The third-order valence-corrected chi connectivity index (χ3v) is 2.56. The van der Waals surface area contributed by atoms with Gasteiger partial charge in [-0.3, -0.25) is 0 Å². The maximum absolute atomic E-state index is 13.2. The van der Waals surface area contributed by atoms with Gasteiger partial charge in [0, 0.05) is 6.42 Å². The van der Waals surface area contributed by atoms with Crippen LogP contribution in [0.4, 0.5) is 4.39 Å². The van der Waals surface area contributed by atoms with Crippen molar-refractivity contribution in [2.45, 2.75) is 31.6 Å². The number of benzene rings is 1. The predicted octanol–water partition coefficient (Wildman–Crippen LogP) is 1.65. The Morgan fingerprint density at radius 1 is 1.38 bits per heavy atom. The zero-order valence-corrected chi connectivity index (χ0v) is 8.88. The fraction of sp³-hybridized carbons (Fsp3) is 0.500. The van der Waals surface area contributed by atoms with Crippen molar-refractivity contribution in [1.29, 1.82) is 0 Å². The van der Waals surface area contributed by atoms with E-state index < -0.39 is 18.6 Å². The van der Waals surface area contributed by atoms with Gasteiger partial charge in [0.05, 0.1) is 13.2 Å². The van der Waals surface area contributed by atoms with E-state index in [0.29, 0.717) is 6.61 Å². The van der Waals surface area contributed by atoms with E-state index in [9.17, 15) is 4.39 Å². The van der Waals surface area contributed by atoms with Gasteiger partial charge in [-0.2, -0.15) is 0 Å². The molecule has 4 heteroatoms. The molecule has 1 aliphatic rings. The third kappa shape index (κ3) is 3.01. The van der Waals surface area contributed by atoms with Gasteiger partial charge in [-0.05, 0) is 5.56 Å². The molecule has 88 valence electrons. The number of hydrogen-bond acceptors (Lipinski definition) is 3. The molecule has 0 unspecified atom stereocenters. The minimum absolute atomic E-state index is 0.0410. The summed E-state index contributed by atoms with van der Waals surface area (Å²) in [5, 5.41) is 9.07. The highest BCUT2D eigenvalue weighted by molar-refractivity contribution is 5.13. The Morgan fingerprint density at radius 3 is 2.75 bits per heavy atom. The van der Waals surface area contributed by atoms with Crippen LogP contribution in [0.1, 0.15) is 12.0 Å². The number of aliphatic hydroxyl groups is 1. The van der Waals surface area contributed by atoms with Crippen LogP contribution in [-0.4, -0.2) is 30.3 Å². The molecular weight excluding hydrogens is 211 g/mol. The zero-order valence-electron chi connectivity index (χ0n) is 8.88. The molecule has 3 atom stereocenters. The first-order valence-electron chi connectivity index (χ1n) is 5.35. The topological polar surface area (TPSA) is 38.7 Å². The minimum atomic E-state index is -1.13. The second-order valence-electron chi connectivity index (χ2n) is 3.88. The Morgan fingerprint density at radius 2 is 2.12 bits per heavy atom. The van der Waals surface area contributed by atoms with Crippen LogP contribution < -0.4 is 0 Å². The lowest BCUT2D eigenvalue weighted by Crippen LogP contribution is -2.23. The van der Waals surface area contributed by atoms with Crippen molar-refractivity contribution in [3.63, 3.8) is 0 Å². The van der Waals surface area contributed by atoms with Crippen LogP contribution in [0, 0.1) is 0 Å². The fourth-order valence-corrected chi connectivity index (χ4v) is 1.70. The molecule has 0 amide bonds. The average Bonchev–Trinajstić information content (AvgIpc) is 2.59. The summed E-state index contributed by atoms with van der Waals surface area (Å²) in [7, 11) is 0. The molecule has 1 aromatic carbocycles. The van der Waals surface area contributed by atoms with Crippen LogP contribution in [0.2, 0.25) is 0 Å². The molecule has 0 bridgehead atoms. The molecule has 16 heavy (non-hydrogen) atoms. The molecule has 1 aromatic rings. The molecule has 0 radical (unpaired) electrons. The molecule has 1 saturated heterocycles. The lowest BCUT2D eigenvalue weighted by Gasteiger charge is -2.12. The van der Waals surface area contributed by atoms with E-state index in [2.05, 4.69) is 0 Å². The Labute approximate surface area is 93.8 Å². The van der Waals surface area contributed by atoms with E-state index in [1.807, 2.05) is 30.3 Å². The highest BCUT2D eigenvalue weighted by Gasteiger charge is 2.34. The molecule has 0 aliphatic carbocycles. The smallest absolute Gasteiger partial charge is 0.158 e. The monoisotopic (exact) mass is 226 g/mol. The van der Waals surface area contributed by atoms with Crippen molar-refractivity contribution in [3.8, 4) is 0 Å². The van der Waals surface area contributed by atoms with Gasteiger partial charge in [0.15, 0.2) is 6.29 Å². The summed E-state index contributed by atoms with van der Waals surface area (Å²) in [5.74, 6) is 0. The number of ether oxygens (including phenoxy) is 2. The van der Waals surface area contributed by atoms with Crippen molar-refractivity contribution >= 4 is 0 Å². The van der Waals surface area contributed by atoms with E-state index in [4.69, 9.17) is 14.6 Å². The standard InChI is InChI=1S/C12H15FO3/c13-10-6-12(14)16-11(10)8-15-7-9-4-2-1-3-5-9/h1-5,10-12,14H,6-8H2/t10-,11-,12+/m1/s1. The average molecular weight is 226 g/mol. The van der Waals surface area contributed by atoms with E-state index in [1.54, 1.807) is 0 Å². The summed E-state index contributed by atoms with van der Waals surface area (Å²) in [6.45, 7) is 0.608. The summed E-state index contributed by atoms with van der Waals surface area (Å²) in [4.78, 5) is 0. The molecule has 1 N–H and O–H groups in total. The maximum atomic E-state index is 13.2. The number of aliphatic hydroxyl groups excluding tert-OH is 1. The summed E-state index contributed by atoms with van der Waals surface area (Å²) in [6.07, 6.45) is -2.72. The Balaban J connectivity index is 1.72. The number of hydrogen-bond donors (Lipinski definition) is 1. The van der Waals surface area contributed by atoms with E-state index in [1.165, 1.54) is 0 Å². The van der Waals surface area contributed by atoms with Crippen molar-refractivity contribution in [3.05, 3.63) is 35.9 Å². The Hall–Kier alpha value is -0.970. The summed E-state index contributed by atoms with van der Waals surface area (Å²) in [5.41, 5.74) is 1.04. The van der Waals surface area contributed by atoms with Crippen molar-refractivity contribution < 1.29 is 19.0 Å². The lowest BCUT2D eigenvalue weighted by molar-refractivity contribution is -0.113. The van der Waals surface area contributed by atoms with Crippen LogP contribution >= 0.6 is 0 Å². The maximum Gasteiger partial charge on any atom is 0.158 e. The molecular formula is C12H15FO3. The van der Waals surface area contributed by atoms with Gasteiger partial charge in [0.2, 0.25) is 0 Å². The first-order chi connectivity index (χ1) is 7.75. The lowest BCUT2D eigenvalue weighted by atomic mass is 10.2. The first-order valence-corrected chi connectivity index (χ1v) is 5.35. The second-order valence-corrected chi connectivity index (χ2v) is 3.88. The highest BCUT2D eigenvalue weighted by Crippen LogP contribution is 2.22. The van der Waals surface area contributed by atoms with Gasteiger partial charge in [-0.1, -0.05) is 30.3 Å². The minimum Gasteiger partial charge on any atom is -0.374 e. The molecule has 2 rings (SSSR count). The van der Waals surface area contributed by atoms with Crippen LogP contribution in [-0.2, 0) is 16.1 Å². The van der Waals surface area contributed by atoms with Crippen LogP contribution in [0.5, 0.6) is 0 Å². The number of halogens is 1. The molecule has 0 aromatic heterocycles. The van der Waals surface area contributed by atoms with Crippen molar-refractivity contribution in [2.24, 2.45) is 0 Å². The van der Waals surface area contributed by atoms with Gasteiger partial charge < -0.3 is 14.6 Å². The Kier molecular flexibility index (Phi) is 3.88. The largest absolute Gasteiger partial charge is 0.374 e. The van der Waals surface area contributed by atoms with E-state index in [-0.39, 0.29) is 13.0 Å². The van der Waals surface area contributed by atoms with Gasteiger partial charge in [-0.15, -0.1) is 0 Å². The molecule has 1 aliphatic heterocycles. The fourth-order valence-electron chi connectivity index (χ4n) is 1.70. The van der Waals surface area contributed by atoms with Gasteiger partial charge in [-0.25, -0.2) is 4.39 Å². The summed E-state index contributed by atoms with van der Waals surface area (Å²) < 4.78 is 23.5. The quantitative estimate of drug-likeness (QED) is 0.848. The van der Waals surface area contributed by atoms with E-state index in [0.717, 1.165) is 5.56 Å². The van der Waals surface area contributed by atoms with Gasteiger partial charge >= 0.3 is 0 Å². The highest BCUT2D eigenvalue weighted by atomic mass is 19.1. The molecule has 0 spiro atoms. The summed E-state index contributed by atoms with van der Waals surface area (Å²) in [6, 6.07) is 9.66. The summed E-state index contributed by atoms with van der Waals surface area (Å²) >= 11 is 0. The van der Waals surface area contributed by atoms with Crippen LogP contribution in [0.3, 0.4) is 0 Å². The molecule has 1 heterocycles. The van der Waals surface area contributed by atoms with Gasteiger partial charge in [0.25, 0.3) is 0 Å². The molecule has 0 saturated carbocycles. The normalized spacial score (nSPS) is 29.5. The SMILES string of the molecule is O[C@@H]1C[C@@H](F)[C@@H](COCc2ccccc2)O1. The molecule has 3 nitrogen and oxygen atoms in total. The zero-order chi connectivity index (χ0) is 11.4. The van der Waals surface area contributed by atoms with E-state index >= 15 is 0 Å². The number of alkyl halides is 1. The van der Waals surface area contributed by atoms with Crippen molar-refractivity contribution in [1.82, 2.24) is 0 Å². The van der Waals surface area contributed by atoms with Crippen LogP contribution in [0.15, 0.2) is 30.3 Å². The second kappa shape index (κ2) is 5.39. The molecule has 1 fully saturated rings.